The first kappa shape index (κ1) is 17.9. The second kappa shape index (κ2) is 7.71. The Balaban J connectivity index is 2.79. The first-order valence-electron chi connectivity index (χ1n) is 6.02. The summed E-state index contributed by atoms with van der Waals surface area (Å²) in [7, 11) is -2.68. The van der Waals surface area contributed by atoms with Crippen LogP contribution in [0.5, 0.6) is 0 Å². The van der Waals surface area contributed by atoms with Gasteiger partial charge in [-0.25, -0.2) is 9.18 Å². The number of halogens is 1. The Kier molecular flexibility index (Phi) is 6.25. The minimum absolute atomic E-state index is 0.181. The third kappa shape index (κ3) is 6.50. The maximum atomic E-state index is 13.2. The fraction of sp³-hybridized carbons (Fsp3) is 0.333. The van der Waals surface area contributed by atoms with Crippen LogP contribution in [-0.4, -0.2) is 40.4 Å². The van der Waals surface area contributed by atoms with Gasteiger partial charge in [0, 0.05) is 6.54 Å². The van der Waals surface area contributed by atoms with Crippen molar-refractivity contribution < 1.29 is 26.5 Å². The molecule has 0 radical (unpaired) electrons. The van der Waals surface area contributed by atoms with E-state index < -0.39 is 34.1 Å². The molecule has 0 heterocycles. The van der Waals surface area contributed by atoms with Crippen molar-refractivity contribution in [2.24, 2.45) is 0 Å². The van der Waals surface area contributed by atoms with Crippen molar-refractivity contribution in [2.75, 3.05) is 19.9 Å². The summed E-state index contributed by atoms with van der Waals surface area (Å²) in [6.45, 7) is -0.181. The number of amides is 1. The highest BCUT2D eigenvalue weighted by Crippen LogP contribution is 2.19. The maximum absolute atomic E-state index is 13.2. The van der Waals surface area contributed by atoms with E-state index in [1.54, 1.807) is 0 Å². The maximum Gasteiger partial charge on any atom is 0.413 e. The van der Waals surface area contributed by atoms with Gasteiger partial charge in [-0.1, -0.05) is 12.1 Å². The highest BCUT2D eigenvalue weighted by Gasteiger charge is 2.19. The monoisotopic (exact) mass is 333 g/mol. The van der Waals surface area contributed by atoms with Crippen LogP contribution in [0.3, 0.4) is 0 Å². The summed E-state index contributed by atoms with van der Waals surface area (Å²) in [5.74, 6) is -0.965. The topological polar surface area (TPSA) is 118 Å². The molecule has 10 heteroatoms. The van der Waals surface area contributed by atoms with E-state index in [2.05, 4.69) is 10.1 Å². The van der Waals surface area contributed by atoms with Crippen LogP contribution < -0.4 is 10.6 Å². The van der Waals surface area contributed by atoms with Gasteiger partial charge in [0.15, 0.2) is 5.96 Å². The van der Waals surface area contributed by atoms with Gasteiger partial charge in [-0.05, 0) is 17.7 Å². The largest absolute Gasteiger partial charge is 0.453 e. The molecule has 0 aromatic heterocycles. The molecular weight excluding hydrogens is 317 g/mol. The SMILES string of the molecule is COC(=O)NC(=N)NCC(OS(C)(=O)=O)c1cccc(F)c1. The Bertz CT molecular complexity index is 650. The van der Waals surface area contributed by atoms with Crippen molar-refractivity contribution in [1.29, 1.82) is 5.41 Å². The van der Waals surface area contributed by atoms with Crippen LogP contribution in [0.15, 0.2) is 24.3 Å². The number of ether oxygens (including phenoxy) is 1. The molecule has 1 atom stereocenters. The van der Waals surface area contributed by atoms with Crippen LogP contribution in [0.4, 0.5) is 9.18 Å². The third-order valence-electron chi connectivity index (χ3n) is 2.39. The molecule has 1 aromatic carbocycles. The minimum Gasteiger partial charge on any atom is -0.453 e. The molecule has 122 valence electrons. The second-order valence-electron chi connectivity index (χ2n) is 4.22. The summed E-state index contributed by atoms with van der Waals surface area (Å²) in [6, 6.07) is 5.21. The average Bonchev–Trinajstić information content (AvgIpc) is 2.42. The predicted octanol–water partition coefficient (Wildman–Crippen LogP) is 0.723. The Morgan fingerprint density at radius 2 is 2.14 bits per heavy atom. The Hall–Kier alpha value is -2.20. The molecule has 22 heavy (non-hydrogen) atoms. The highest BCUT2D eigenvalue weighted by molar-refractivity contribution is 7.86. The van der Waals surface area contributed by atoms with Gasteiger partial charge in [-0.15, -0.1) is 0 Å². The van der Waals surface area contributed by atoms with E-state index in [9.17, 15) is 17.6 Å². The van der Waals surface area contributed by atoms with Crippen molar-refractivity contribution in [1.82, 2.24) is 10.6 Å². The lowest BCUT2D eigenvalue weighted by Crippen LogP contribution is -2.42. The molecular formula is C12H16FN3O5S. The predicted molar refractivity (Wildman–Crippen MR) is 76.3 cm³/mol. The summed E-state index contributed by atoms with van der Waals surface area (Å²) < 4.78 is 45.0. The summed E-state index contributed by atoms with van der Waals surface area (Å²) in [6.07, 6.45) is -1.06. The van der Waals surface area contributed by atoms with Gasteiger partial charge >= 0.3 is 6.09 Å². The van der Waals surface area contributed by atoms with E-state index in [0.29, 0.717) is 0 Å². The Morgan fingerprint density at radius 1 is 1.45 bits per heavy atom. The molecule has 8 nitrogen and oxygen atoms in total. The summed E-state index contributed by atoms with van der Waals surface area (Å²) in [4.78, 5) is 10.9. The van der Waals surface area contributed by atoms with Crippen LogP contribution in [-0.2, 0) is 19.0 Å². The lowest BCUT2D eigenvalue weighted by atomic mass is 10.1. The molecule has 1 unspecified atom stereocenters. The van der Waals surface area contributed by atoms with E-state index in [-0.39, 0.29) is 12.1 Å². The van der Waals surface area contributed by atoms with Crippen molar-refractivity contribution in [3.05, 3.63) is 35.6 Å². The Labute approximate surface area is 127 Å². The molecule has 1 rings (SSSR count). The van der Waals surface area contributed by atoms with E-state index in [0.717, 1.165) is 19.4 Å². The first-order chi connectivity index (χ1) is 10.2. The van der Waals surface area contributed by atoms with Gasteiger partial charge in [0.1, 0.15) is 11.9 Å². The van der Waals surface area contributed by atoms with Crippen LogP contribution in [0.25, 0.3) is 0 Å². The van der Waals surface area contributed by atoms with Crippen molar-refractivity contribution >= 4 is 22.2 Å². The summed E-state index contributed by atoms with van der Waals surface area (Å²) in [5.41, 5.74) is 0.267. The Morgan fingerprint density at radius 3 is 2.68 bits per heavy atom. The van der Waals surface area contributed by atoms with Crippen LogP contribution in [0.2, 0.25) is 0 Å². The molecule has 0 aliphatic heterocycles. The van der Waals surface area contributed by atoms with Gasteiger partial charge in [0.2, 0.25) is 0 Å². The number of nitrogens with one attached hydrogen (secondary N) is 3. The highest BCUT2D eigenvalue weighted by atomic mass is 32.2. The van der Waals surface area contributed by atoms with Gasteiger partial charge in [-0.2, -0.15) is 8.42 Å². The molecule has 3 N–H and O–H groups in total. The van der Waals surface area contributed by atoms with Gasteiger partial charge in [-0.3, -0.25) is 14.9 Å². The fourth-order valence-electron chi connectivity index (χ4n) is 1.52. The molecule has 0 fully saturated rings. The number of hydrogen-bond donors (Lipinski definition) is 3. The smallest absolute Gasteiger partial charge is 0.413 e. The van der Waals surface area contributed by atoms with Crippen molar-refractivity contribution in [2.45, 2.75) is 6.10 Å². The number of carbonyl (C=O) groups excluding carboxylic acids is 1. The van der Waals surface area contributed by atoms with Crippen LogP contribution in [0, 0.1) is 11.2 Å². The number of carbonyl (C=O) groups is 1. The number of rotatable bonds is 5. The van der Waals surface area contributed by atoms with Crippen LogP contribution >= 0.6 is 0 Å². The van der Waals surface area contributed by atoms with Crippen LogP contribution in [0.1, 0.15) is 11.7 Å². The minimum atomic E-state index is -3.80. The zero-order valence-electron chi connectivity index (χ0n) is 11.9. The zero-order chi connectivity index (χ0) is 16.8. The lowest BCUT2D eigenvalue weighted by molar-refractivity contribution is 0.176. The molecule has 1 aromatic rings. The molecule has 0 saturated carbocycles. The third-order valence-corrected chi connectivity index (χ3v) is 2.97. The molecule has 0 bridgehead atoms. The summed E-state index contributed by atoms with van der Waals surface area (Å²) in [5, 5.41) is 11.9. The standard InChI is InChI=1S/C12H16FN3O5S/c1-20-12(17)16-11(14)15-7-10(21-22(2,18)19)8-4-3-5-9(13)6-8/h3-6,10H,7H2,1-2H3,(H3,14,15,16,17). The van der Waals surface area contributed by atoms with E-state index in [1.165, 1.54) is 18.2 Å². The van der Waals surface area contributed by atoms with E-state index >= 15 is 0 Å². The van der Waals surface area contributed by atoms with Gasteiger partial charge < -0.3 is 10.1 Å². The van der Waals surface area contributed by atoms with E-state index in [4.69, 9.17) is 9.59 Å². The lowest BCUT2D eigenvalue weighted by Gasteiger charge is -2.18. The molecule has 1 amide bonds. The first-order valence-corrected chi connectivity index (χ1v) is 7.84. The average molecular weight is 333 g/mol. The number of benzene rings is 1. The number of guanidine groups is 1. The number of alkyl carbamates (subject to hydrolysis) is 1. The number of methoxy groups -OCH3 is 1. The fourth-order valence-corrected chi connectivity index (χ4v) is 2.12. The summed E-state index contributed by atoms with van der Waals surface area (Å²) >= 11 is 0. The molecule has 0 aliphatic carbocycles. The normalized spacial score (nSPS) is 12.3. The van der Waals surface area contributed by atoms with E-state index in [1.807, 2.05) is 5.32 Å². The van der Waals surface area contributed by atoms with Gasteiger partial charge in [0.05, 0.1) is 13.4 Å². The molecule has 0 spiro atoms. The zero-order valence-corrected chi connectivity index (χ0v) is 12.7. The van der Waals surface area contributed by atoms with Gasteiger partial charge in [0.25, 0.3) is 10.1 Å². The second-order valence-corrected chi connectivity index (χ2v) is 5.82. The molecule has 0 aliphatic rings. The molecule has 0 saturated heterocycles. The quantitative estimate of drug-likeness (QED) is 0.415. The van der Waals surface area contributed by atoms with Crippen molar-refractivity contribution in [3.8, 4) is 0 Å². The van der Waals surface area contributed by atoms with Crippen molar-refractivity contribution in [3.63, 3.8) is 0 Å². The number of hydrogen-bond acceptors (Lipinski definition) is 6.